The maximum Gasteiger partial charge on any atom is 0.0459 e. The van der Waals surface area contributed by atoms with E-state index in [0.29, 0.717) is 0 Å². The molecule has 1 rings (SSSR count). The van der Waals surface area contributed by atoms with Gasteiger partial charge in [-0.05, 0) is 43.4 Å². The summed E-state index contributed by atoms with van der Waals surface area (Å²) in [5.41, 5.74) is 8.67. The molecule has 0 aliphatic carbocycles. The van der Waals surface area contributed by atoms with Crippen molar-refractivity contribution in [2.45, 2.75) is 65.3 Å². The smallest absolute Gasteiger partial charge is 0.0459 e. The Hall–Kier alpha value is -0.730. The van der Waals surface area contributed by atoms with Crippen LogP contribution >= 0.6 is 11.6 Å². The summed E-state index contributed by atoms with van der Waals surface area (Å²) in [5, 5.41) is 0.856. The molecule has 3 heteroatoms. The minimum atomic E-state index is 0.183. The number of unbranched alkanes of at least 4 members (excludes halogenated alkanes) is 2. The number of halogens is 1. The summed E-state index contributed by atoms with van der Waals surface area (Å²) in [6, 6.07) is 6.43. The first-order chi connectivity index (χ1) is 10.1. The monoisotopic (exact) mass is 310 g/mol. The zero-order chi connectivity index (χ0) is 15.7. The number of rotatable bonds is 10. The quantitative estimate of drug-likeness (QED) is 0.657. The highest BCUT2D eigenvalue weighted by atomic mass is 35.5. The molecule has 1 aromatic carbocycles. The number of benzene rings is 1. The second-order valence-corrected chi connectivity index (χ2v) is 6.21. The number of anilines is 1. The molecule has 0 radical (unpaired) electrons. The highest BCUT2D eigenvalue weighted by Crippen LogP contribution is 2.29. The molecule has 120 valence electrons. The lowest BCUT2D eigenvalue weighted by atomic mass is 10.0. The predicted molar refractivity (Wildman–Crippen MR) is 95.5 cm³/mol. The Balaban J connectivity index is 3.01. The van der Waals surface area contributed by atoms with Crippen LogP contribution in [0.1, 0.15) is 58.4 Å². The van der Waals surface area contributed by atoms with Crippen LogP contribution in [0.5, 0.6) is 0 Å². The van der Waals surface area contributed by atoms with Crippen LogP contribution in [0, 0.1) is 0 Å². The van der Waals surface area contributed by atoms with E-state index in [0.717, 1.165) is 31.0 Å². The van der Waals surface area contributed by atoms with Gasteiger partial charge in [0.05, 0.1) is 0 Å². The second kappa shape index (κ2) is 10.1. The molecule has 0 aliphatic rings. The number of hydrogen-bond acceptors (Lipinski definition) is 2. The summed E-state index contributed by atoms with van der Waals surface area (Å²) >= 11 is 6.46. The highest BCUT2D eigenvalue weighted by Gasteiger charge is 2.15. The van der Waals surface area contributed by atoms with Crippen molar-refractivity contribution in [3.05, 3.63) is 28.8 Å². The van der Waals surface area contributed by atoms with E-state index in [1.54, 1.807) is 0 Å². The maximum atomic E-state index is 6.46. The third-order valence-electron chi connectivity index (χ3n) is 3.99. The zero-order valence-electron chi connectivity index (χ0n) is 13.9. The predicted octanol–water partition coefficient (Wildman–Crippen LogP) is 5.03. The van der Waals surface area contributed by atoms with Crippen molar-refractivity contribution in [2.24, 2.45) is 5.73 Å². The van der Waals surface area contributed by atoms with Gasteiger partial charge in [-0.2, -0.15) is 0 Å². The van der Waals surface area contributed by atoms with Gasteiger partial charge in [-0.25, -0.2) is 0 Å². The van der Waals surface area contributed by atoms with E-state index in [9.17, 15) is 0 Å². The lowest BCUT2D eigenvalue weighted by molar-refractivity contribution is 0.637. The topological polar surface area (TPSA) is 29.3 Å². The van der Waals surface area contributed by atoms with E-state index >= 15 is 0 Å². The average molecular weight is 311 g/mol. The van der Waals surface area contributed by atoms with Gasteiger partial charge in [0.15, 0.2) is 0 Å². The van der Waals surface area contributed by atoms with Crippen LogP contribution in [-0.4, -0.2) is 19.1 Å². The Morgan fingerprint density at radius 2 is 1.71 bits per heavy atom. The van der Waals surface area contributed by atoms with Crippen LogP contribution < -0.4 is 10.6 Å². The fourth-order valence-electron chi connectivity index (χ4n) is 2.50. The standard InChI is InChI=1S/C18H31ClN2/c1-4-7-12-21(13-8-5-2)18-11-9-10-17(19)16(18)14-15(20)6-3/h9-11,15H,4-8,12-14,20H2,1-3H3. The zero-order valence-corrected chi connectivity index (χ0v) is 14.6. The molecule has 0 fully saturated rings. The van der Waals surface area contributed by atoms with E-state index in [4.69, 9.17) is 17.3 Å². The van der Waals surface area contributed by atoms with E-state index < -0.39 is 0 Å². The first-order valence-corrected chi connectivity index (χ1v) is 8.79. The highest BCUT2D eigenvalue weighted by molar-refractivity contribution is 6.31. The SMILES string of the molecule is CCCCN(CCCC)c1cccc(Cl)c1CC(N)CC. The van der Waals surface area contributed by atoms with Crippen LogP contribution in [0.2, 0.25) is 5.02 Å². The molecule has 0 saturated carbocycles. The van der Waals surface area contributed by atoms with Crippen LogP contribution in [0.15, 0.2) is 18.2 Å². The molecular weight excluding hydrogens is 280 g/mol. The van der Waals surface area contributed by atoms with Crippen molar-refractivity contribution in [3.63, 3.8) is 0 Å². The largest absolute Gasteiger partial charge is 0.371 e. The first-order valence-electron chi connectivity index (χ1n) is 8.41. The van der Waals surface area contributed by atoms with Crippen molar-refractivity contribution in [1.82, 2.24) is 0 Å². The third kappa shape index (κ3) is 5.88. The van der Waals surface area contributed by atoms with E-state index in [1.165, 1.54) is 36.9 Å². The summed E-state index contributed by atoms with van der Waals surface area (Å²) < 4.78 is 0. The van der Waals surface area contributed by atoms with Crippen molar-refractivity contribution in [2.75, 3.05) is 18.0 Å². The Bertz CT molecular complexity index is 398. The molecule has 0 amide bonds. The van der Waals surface area contributed by atoms with Crippen molar-refractivity contribution < 1.29 is 0 Å². The van der Waals surface area contributed by atoms with Crippen molar-refractivity contribution >= 4 is 17.3 Å². The maximum absolute atomic E-state index is 6.46. The van der Waals surface area contributed by atoms with E-state index in [2.05, 4.69) is 37.8 Å². The number of hydrogen-bond donors (Lipinski definition) is 1. The van der Waals surface area contributed by atoms with E-state index in [1.807, 2.05) is 6.07 Å². The Morgan fingerprint density at radius 1 is 1.10 bits per heavy atom. The molecule has 2 N–H and O–H groups in total. The molecule has 0 saturated heterocycles. The molecule has 0 bridgehead atoms. The van der Waals surface area contributed by atoms with Gasteiger partial charge in [0.25, 0.3) is 0 Å². The minimum absolute atomic E-state index is 0.183. The third-order valence-corrected chi connectivity index (χ3v) is 4.34. The number of nitrogens with two attached hydrogens (primary N) is 1. The molecule has 1 atom stereocenters. The first kappa shape index (κ1) is 18.3. The fourth-order valence-corrected chi connectivity index (χ4v) is 2.75. The summed E-state index contributed by atoms with van der Waals surface area (Å²) in [7, 11) is 0. The van der Waals surface area contributed by atoms with Crippen molar-refractivity contribution in [1.29, 1.82) is 0 Å². The van der Waals surface area contributed by atoms with Gasteiger partial charge in [-0.3, -0.25) is 0 Å². The fraction of sp³-hybridized carbons (Fsp3) is 0.667. The minimum Gasteiger partial charge on any atom is -0.371 e. The number of nitrogens with zero attached hydrogens (tertiary/aromatic N) is 1. The molecule has 1 unspecified atom stereocenters. The Kier molecular flexibility index (Phi) is 8.79. The molecule has 0 aliphatic heterocycles. The molecule has 0 spiro atoms. The molecular formula is C18H31ClN2. The van der Waals surface area contributed by atoms with Crippen LogP contribution in [-0.2, 0) is 6.42 Å². The lowest BCUT2D eigenvalue weighted by Gasteiger charge is -2.28. The molecule has 1 aromatic rings. The van der Waals surface area contributed by atoms with Gasteiger partial charge in [-0.1, -0.05) is 51.3 Å². The summed E-state index contributed by atoms with van der Waals surface area (Å²) in [5.74, 6) is 0. The van der Waals surface area contributed by atoms with Gasteiger partial charge >= 0.3 is 0 Å². The van der Waals surface area contributed by atoms with Crippen LogP contribution in [0.25, 0.3) is 0 Å². The Labute approximate surface area is 135 Å². The Morgan fingerprint density at radius 3 is 2.24 bits per heavy atom. The average Bonchev–Trinajstić information content (AvgIpc) is 2.49. The van der Waals surface area contributed by atoms with Gasteiger partial charge in [0, 0.05) is 29.8 Å². The summed E-state index contributed by atoms with van der Waals surface area (Å²) in [6.45, 7) is 8.82. The van der Waals surface area contributed by atoms with Gasteiger partial charge in [0.1, 0.15) is 0 Å². The van der Waals surface area contributed by atoms with Gasteiger partial charge < -0.3 is 10.6 Å². The molecule has 0 heterocycles. The molecule has 2 nitrogen and oxygen atoms in total. The van der Waals surface area contributed by atoms with Crippen molar-refractivity contribution in [3.8, 4) is 0 Å². The van der Waals surface area contributed by atoms with Crippen LogP contribution in [0.3, 0.4) is 0 Å². The molecule has 0 aromatic heterocycles. The van der Waals surface area contributed by atoms with E-state index in [-0.39, 0.29) is 6.04 Å². The lowest BCUT2D eigenvalue weighted by Crippen LogP contribution is -2.29. The normalized spacial score (nSPS) is 12.4. The second-order valence-electron chi connectivity index (χ2n) is 5.80. The molecule has 21 heavy (non-hydrogen) atoms. The van der Waals surface area contributed by atoms with Crippen LogP contribution in [0.4, 0.5) is 5.69 Å². The summed E-state index contributed by atoms with van der Waals surface area (Å²) in [6.07, 6.45) is 6.71. The summed E-state index contributed by atoms with van der Waals surface area (Å²) in [4.78, 5) is 2.50. The van der Waals surface area contributed by atoms with Gasteiger partial charge in [0.2, 0.25) is 0 Å². The van der Waals surface area contributed by atoms with Gasteiger partial charge in [-0.15, -0.1) is 0 Å².